The molecule has 26 heavy (non-hydrogen) atoms. The van der Waals surface area contributed by atoms with Gasteiger partial charge in [-0.3, -0.25) is 4.79 Å². The van der Waals surface area contributed by atoms with E-state index in [1.54, 1.807) is 16.7 Å². The van der Waals surface area contributed by atoms with Crippen LogP contribution in [-0.2, 0) is 9.53 Å². The molecule has 2 atom stereocenters. The summed E-state index contributed by atoms with van der Waals surface area (Å²) in [5.74, 6) is 0.563. The standard InChI is InChI=1S/C21H31NO3S/c1-5-6-7-8-19-22(20(23)17-11-9-16(4)10-12-17)18(14-26-19)21(24)25-13-15(2)3/h9-12,15,18-19H,5-8,13-14H2,1-4H3. The van der Waals surface area contributed by atoms with Crippen molar-refractivity contribution in [3.63, 3.8) is 0 Å². The number of carbonyl (C=O) groups excluding carboxylic acids is 2. The van der Waals surface area contributed by atoms with Crippen LogP contribution in [0.3, 0.4) is 0 Å². The van der Waals surface area contributed by atoms with Crippen LogP contribution in [-0.4, -0.2) is 40.6 Å². The second-order valence-corrected chi connectivity index (χ2v) is 8.61. The lowest BCUT2D eigenvalue weighted by Crippen LogP contribution is -2.46. The molecule has 0 aromatic heterocycles. The minimum absolute atomic E-state index is 0.0481. The largest absolute Gasteiger partial charge is 0.464 e. The quantitative estimate of drug-likeness (QED) is 0.488. The Morgan fingerprint density at radius 1 is 1.23 bits per heavy atom. The Morgan fingerprint density at radius 2 is 1.92 bits per heavy atom. The summed E-state index contributed by atoms with van der Waals surface area (Å²) in [6.07, 6.45) is 4.28. The SMILES string of the molecule is CCCCCC1SCC(C(=O)OCC(C)C)N1C(=O)c1ccc(C)cc1. The first-order valence-corrected chi connectivity index (χ1v) is 10.7. The summed E-state index contributed by atoms with van der Waals surface area (Å²) in [6.45, 7) is 8.59. The highest BCUT2D eigenvalue weighted by Gasteiger charge is 2.42. The predicted molar refractivity (Wildman–Crippen MR) is 107 cm³/mol. The van der Waals surface area contributed by atoms with Crippen LogP contribution in [0.4, 0.5) is 0 Å². The first-order chi connectivity index (χ1) is 12.4. The third kappa shape index (κ3) is 5.50. The highest BCUT2D eigenvalue weighted by Crippen LogP contribution is 2.34. The number of rotatable bonds is 8. The highest BCUT2D eigenvalue weighted by atomic mass is 32.2. The minimum atomic E-state index is -0.487. The van der Waals surface area contributed by atoms with Gasteiger partial charge in [0, 0.05) is 11.3 Å². The van der Waals surface area contributed by atoms with Gasteiger partial charge in [0.05, 0.1) is 12.0 Å². The van der Waals surface area contributed by atoms with Gasteiger partial charge in [-0.2, -0.15) is 0 Å². The molecule has 144 valence electrons. The predicted octanol–water partition coefficient (Wildman–Crippen LogP) is 4.66. The molecule has 0 bridgehead atoms. The third-order valence-corrected chi connectivity index (χ3v) is 5.87. The van der Waals surface area contributed by atoms with E-state index in [0.717, 1.165) is 31.2 Å². The van der Waals surface area contributed by atoms with Gasteiger partial charge in [-0.05, 0) is 31.4 Å². The van der Waals surface area contributed by atoms with Crippen LogP contribution in [0.5, 0.6) is 0 Å². The normalized spacial score (nSPS) is 19.8. The van der Waals surface area contributed by atoms with Gasteiger partial charge in [0.2, 0.25) is 0 Å². The average molecular weight is 378 g/mol. The summed E-state index contributed by atoms with van der Waals surface area (Å²) in [5, 5.41) is 0.0481. The van der Waals surface area contributed by atoms with Gasteiger partial charge >= 0.3 is 5.97 Å². The van der Waals surface area contributed by atoms with E-state index in [1.807, 2.05) is 45.0 Å². The maximum atomic E-state index is 13.2. The number of thioether (sulfide) groups is 1. The van der Waals surface area contributed by atoms with Crippen molar-refractivity contribution in [3.05, 3.63) is 35.4 Å². The number of esters is 1. The zero-order valence-corrected chi connectivity index (χ0v) is 17.2. The molecular weight excluding hydrogens is 346 g/mol. The van der Waals surface area contributed by atoms with Crippen molar-refractivity contribution in [3.8, 4) is 0 Å². The van der Waals surface area contributed by atoms with E-state index in [0.29, 0.717) is 17.9 Å². The summed E-state index contributed by atoms with van der Waals surface area (Å²) in [5.41, 5.74) is 1.75. The molecular formula is C21H31NO3S. The third-order valence-electron chi connectivity index (χ3n) is 4.51. The Bertz CT molecular complexity index is 600. The number of benzene rings is 1. The summed E-state index contributed by atoms with van der Waals surface area (Å²) >= 11 is 1.70. The van der Waals surface area contributed by atoms with Crippen LogP contribution in [0.25, 0.3) is 0 Å². The monoisotopic (exact) mass is 377 g/mol. The van der Waals surface area contributed by atoms with Crippen molar-refractivity contribution < 1.29 is 14.3 Å². The van der Waals surface area contributed by atoms with E-state index < -0.39 is 6.04 Å². The van der Waals surface area contributed by atoms with Crippen molar-refractivity contribution >= 4 is 23.6 Å². The molecule has 0 saturated carbocycles. The summed E-state index contributed by atoms with van der Waals surface area (Å²) in [7, 11) is 0. The van der Waals surface area contributed by atoms with Crippen molar-refractivity contribution in [2.75, 3.05) is 12.4 Å². The molecule has 1 aromatic rings. The van der Waals surface area contributed by atoms with Gasteiger partial charge < -0.3 is 9.64 Å². The van der Waals surface area contributed by atoms with E-state index in [1.165, 1.54) is 0 Å². The van der Waals surface area contributed by atoms with Crippen LogP contribution in [0.2, 0.25) is 0 Å². The molecule has 1 aliphatic heterocycles. The number of aryl methyl sites for hydroxylation is 1. The van der Waals surface area contributed by atoms with Crippen LogP contribution in [0.15, 0.2) is 24.3 Å². The topological polar surface area (TPSA) is 46.6 Å². The Hall–Kier alpha value is -1.49. The van der Waals surface area contributed by atoms with Gasteiger partial charge in [0.1, 0.15) is 6.04 Å². The molecule has 1 heterocycles. The second kappa shape index (κ2) is 10.0. The van der Waals surface area contributed by atoms with Crippen molar-refractivity contribution in [1.29, 1.82) is 0 Å². The molecule has 2 rings (SSSR count). The highest BCUT2D eigenvalue weighted by molar-refractivity contribution is 8.00. The molecule has 2 unspecified atom stereocenters. The van der Waals surface area contributed by atoms with E-state index in [9.17, 15) is 9.59 Å². The first-order valence-electron chi connectivity index (χ1n) is 9.61. The van der Waals surface area contributed by atoms with Crippen LogP contribution in [0, 0.1) is 12.8 Å². The fraction of sp³-hybridized carbons (Fsp3) is 0.619. The lowest BCUT2D eigenvalue weighted by molar-refractivity contribution is -0.149. The maximum absolute atomic E-state index is 13.2. The van der Waals surface area contributed by atoms with Crippen LogP contribution in [0.1, 0.15) is 62.4 Å². The molecule has 1 amide bonds. The molecule has 0 N–H and O–H groups in total. The zero-order valence-electron chi connectivity index (χ0n) is 16.4. The molecule has 4 nitrogen and oxygen atoms in total. The second-order valence-electron chi connectivity index (χ2n) is 7.40. The fourth-order valence-electron chi connectivity index (χ4n) is 3.00. The van der Waals surface area contributed by atoms with Crippen molar-refractivity contribution in [2.24, 2.45) is 5.92 Å². The van der Waals surface area contributed by atoms with Crippen molar-refractivity contribution in [2.45, 2.75) is 64.8 Å². The number of amides is 1. The summed E-state index contributed by atoms with van der Waals surface area (Å²) in [6, 6.07) is 7.09. The fourth-order valence-corrected chi connectivity index (χ4v) is 4.44. The van der Waals surface area contributed by atoms with Gasteiger partial charge in [-0.1, -0.05) is 57.7 Å². The molecule has 0 spiro atoms. The minimum Gasteiger partial charge on any atom is -0.464 e. The lowest BCUT2D eigenvalue weighted by Gasteiger charge is -2.28. The van der Waals surface area contributed by atoms with E-state index in [-0.39, 0.29) is 23.2 Å². The number of hydrogen-bond donors (Lipinski definition) is 0. The number of unbranched alkanes of at least 4 members (excludes halogenated alkanes) is 2. The van der Waals surface area contributed by atoms with E-state index in [2.05, 4.69) is 6.92 Å². The molecule has 0 aliphatic carbocycles. The van der Waals surface area contributed by atoms with Crippen molar-refractivity contribution in [1.82, 2.24) is 4.90 Å². The van der Waals surface area contributed by atoms with Gasteiger partial charge in [-0.15, -0.1) is 11.8 Å². The van der Waals surface area contributed by atoms with Gasteiger partial charge in [0.25, 0.3) is 5.91 Å². The molecule has 5 heteroatoms. The Morgan fingerprint density at radius 3 is 2.54 bits per heavy atom. The first kappa shape index (κ1) is 20.8. The maximum Gasteiger partial charge on any atom is 0.329 e. The van der Waals surface area contributed by atoms with Gasteiger partial charge in [-0.25, -0.2) is 4.79 Å². The summed E-state index contributed by atoms with van der Waals surface area (Å²) in [4.78, 5) is 27.5. The smallest absolute Gasteiger partial charge is 0.329 e. The van der Waals surface area contributed by atoms with E-state index in [4.69, 9.17) is 4.74 Å². The summed E-state index contributed by atoms with van der Waals surface area (Å²) < 4.78 is 5.45. The molecule has 1 aliphatic rings. The molecule has 1 saturated heterocycles. The zero-order chi connectivity index (χ0) is 19.1. The van der Waals surface area contributed by atoms with Crippen LogP contribution >= 0.6 is 11.8 Å². The van der Waals surface area contributed by atoms with Gasteiger partial charge in [0.15, 0.2) is 0 Å². The Kier molecular flexibility index (Phi) is 8.01. The number of ether oxygens (including phenoxy) is 1. The molecule has 1 fully saturated rings. The number of nitrogens with zero attached hydrogens (tertiary/aromatic N) is 1. The molecule has 1 aromatic carbocycles. The Balaban J connectivity index is 2.17. The number of hydrogen-bond acceptors (Lipinski definition) is 4. The average Bonchev–Trinajstić information content (AvgIpc) is 3.04. The van der Waals surface area contributed by atoms with E-state index >= 15 is 0 Å². The number of carbonyl (C=O) groups is 2. The molecule has 0 radical (unpaired) electrons. The Labute approximate surface area is 161 Å². The lowest BCUT2D eigenvalue weighted by atomic mass is 10.1. The van der Waals surface area contributed by atoms with Crippen LogP contribution < -0.4 is 0 Å².